The Bertz CT molecular complexity index is 1960. The highest BCUT2D eigenvalue weighted by Gasteiger charge is 2.54. The molecule has 3 aliphatic heterocycles. The van der Waals surface area contributed by atoms with Gasteiger partial charge in [0, 0.05) is 6.42 Å². The van der Waals surface area contributed by atoms with Gasteiger partial charge in [0.2, 0.25) is 5.91 Å². The van der Waals surface area contributed by atoms with E-state index in [0.717, 1.165) is 77.0 Å². The first-order valence-corrected chi connectivity index (χ1v) is 39.9. The third kappa shape index (κ3) is 40.1. The normalized spacial score (nSPS) is 27.0. The summed E-state index contributed by atoms with van der Waals surface area (Å²) in [5.74, 6) is -0.242. The Hall–Kier alpha value is -2.25. The summed E-state index contributed by atoms with van der Waals surface area (Å²) in [6.07, 6.45) is 47.6. The van der Waals surface area contributed by atoms with Crippen molar-refractivity contribution >= 4 is 5.91 Å². The number of nitrogens with one attached hydrogen (secondary N) is 1. The van der Waals surface area contributed by atoms with Gasteiger partial charge in [-0.05, 0) is 51.4 Å². The molecule has 0 bridgehead atoms. The van der Waals surface area contributed by atoms with Gasteiger partial charge in [0.15, 0.2) is 18.9 Å². The van der Waals surface area contributed by atoms with Gasteiger partial charge in [-0.3, -0.25) is 4.79 Å². The number of allylic oxidation sites excluding steroid dienone is 8. The Kier molecular flexibility index (Phi) is 55.1. The molecular weight excluding hydrogens is 1250 g/mol. The van der Waals surface area contributed by atoms with Gasteiger partial charge >= 0.3 is 0 Å². The largest absolute Gasteiger partial charge is 0.394 e. The summed E-state index contributed by atoms with van der Waals surface area (Å²) < 4.78 is 34.5. The number of ether oxygens (including phenoxy) is 6. The molecule has 3 saturated heterocycles. The predicted octanol–water partition coefficient (Wildman–Crippen LogP) is 12.9. The molecule has 17 unspecified atom stereocenters. The molecule has 19 nitrogen and oxygen atoms in total. The van der Waals surface area contributed by atoms with Crippen LogP contribution < -0.4 is 5.32 Å². The van der Waals surface area contributed by atoms with Crippen LogP contribution >= 0.6 is 0 Å². The van der Waals surface area contributed by atoms with E-state index in [2.05, 4.69) is 67.8 Å². The van der Waals surface area contributed by atoms with Gasteiger partial charge in [-0.1, -0.05) is 306 Å². The van der Waals surface area contributed by atoms with Crippen LogP contribution in [0.15, 0.2) is 48.6 Å². The molecule has 0 radical (unpaired) electrons. The van der Waals surface area contributed by atoms with Gasteiger partial charge in [0.25, 0.3) is 0 Å². The Morgan fingerprint density at radius 1 is 0.378 bits per heavy atom. The lowest BCUT2D eigenvalue weighted by Gasteiger charge is -2.48. The maximum absolute atomic E-state index is 13.5. The van der Waals surface area contributed by atoms with Crippen LogP contribution in [0.4, 0.5) is 0 Å². The lowest BCUT2D eigenvalue weighted by Crippen LogP contribution is -2.66. The first kappa shape index (κ1) is 90.0. The zero-order chi connectivity index (χ0) is 71.1. The second-order valence-electron chi connectivity index (χ2n) is 28.5. The number of hydrogen-bond acceptors (Lipinski definition) is 18. The average molecular weight is 1400 g/mol. The highest BCUT2D eigenvalue weighted by molar-refractivity contribution is 5.76. The molecule has 17 atom stereocenters. The molecule has 574 valence electrons. The van der Waals surface area contributed by atoms with Crippen molar-refractivity contribution < 1.29 is 89.4 Å². The Morgan fingerprint density at radius 3 is 1.10 bits per heavy atom. The number of amides is 1. The van der Waals surface area contributed by atoms with Crippen LogP contribution in [-0.2, 0) is 33.2 Å². The number of rotatable bonds is 63. The number of carbonyl (C=O) groups is 1. The van der Waals surface area contributed by atoms with Crippen LogP contribution in [0.25, 0.3) is 0 Å². The SMILES string of the molecule is CC/C=C\C/C=C\C/C=C\C/C=C\CCCCCCCCCCCCCCC(=O)NC(COC1OC(CO)C(OC2OC(CO)C(OC3OC(CO)C(O)C(O)C3O)C(O)C2O)C(O)C1O)C(O)CCCCCCCCCCCCCCCCCCCCCCCCCCCCCC. The molecule has 12 N–H and O–H groups in total. The average Bonchev–Trinajstić information content (AvgIpc) is 0.784. The van der Waals surface area contributed by atoms with Crippen molar-refractivity contribution in [3.8, 4) is 0 Å². The van der Waals surface area contributed by atoms with E-state index < -0.39 is 124 Å². The topological polar surface area (TPSA) is 307 Å². The second kappa shape index (κ2) is 60.1. The van der Waals surface area contributed by atoms with Crippen LogP contribution in [0, 0.1) is 0 Å². The van der Waals surface area contributed by atoms with Gasteiger partial charge in [0.1, 0.15) is 73.2 Å². The number of carbonyl (C=O) groups excluding carboxylic acids is 1. The number of unbranched alkanes of at least 4 members (excludes halogenated alkanes) is 39. The molecule has 0 aromatic heterocycles. The number of aliphatic hydroxyl groups excluding tert-OH is 11. The second-order valence-corrected chi connectivity index (χ2v) is 28.5. The molecule has 0 saturated carbocycles. The standard InChI is InChI=1S/C79H145NO18/c1-3-5-7-9-11-13-15-17-19-21-23-25-27-29-30-31-33-34-36-38-40-42-44-46-48-50-52-54-56-63(84)62(80-67(85)57-55-53-51-49-47-45-43-41-39-37-35-32-28-26-24-22-20-18-16-14-12-10-8-6-4-2)61-93-77-73(91)70(88)75(65(59-82)95-77)98-79-74(92)71(89)76(66(60-83)96-79)97-78-72(90)69(87)68(86)64(58-81)94-78/h6,8,12,14,18,20,24,26,62-66,68-79,81-84,86-92H,3-5,7,9-11,13,15-17,19,21-23,25,27-61H2,1-2H3,(H,80,85)/b8-6-,14-12-,20-18-,26-24-. The number of aliphatic hydroxyl groups is 11. The predicted molar refractivity (Wildman–Crippen MR) is 388 cm³/mol. The minimum Gasteiger partial charge on any atom is -0.394 e. The van der Waals surface area contributed by atoms with E-state index >= 15 is 0 Å². The zero-order valence-electron chi connectivity index (χ0n) is 61.3. The Morgan fingerprint density at radius 2 is 0.704 bits per heavy atom. The lowest BCUT2D eigenvalue weighted by atomic mass is 9.96. The first-order valence-electron chi connectivity index (χ1n) is 39.9. The third-order valence-corrected chi connectivity index (χ3v) is 19.9. The maximum atomic E-state index is 13.5. The lowest BCUT2D eigenvalue weighted by molar-refractivity contribution is -0.379. The molecule has 3 aliphatic rings. The monoisotopic (exact) mass is 1400 g/mol. The summed E-state index contributed by atoms with van der Waals surface area (Å²) in [5, 5.41) is 121. The number of hydrogen-bond donors (Lipinski definition) is 12. The summed E-state index contributed by atoms with van der Waals surface area (Å²) in [4.78, 5) is 13.5. The molecule has 0 spiro atoms. The molecule has 98 heavy (non-hydrogen) atoms. The van der Waals surface area contributed by atoms with Crippen molar-refractivity contribution in [2.45, 2.75) is 420 Å². The van der Waals surface area contributed by atoms with Gasteiger partial charge in [-0.2, -0.15) is 0 Å². The summed E-state index contributed by atoms with van der Waals surface area (Å²) in [6.45, 7) is 1.73. The fraction of sp³-hybridized carbons (Fsp3) is 0.886. The molecule has 0 aliphatic carbocycles. The van der Waals surface area contributed by atoms with E-state index in [0.29, 0.717) is 12.8 Å². The third-order valence-electron chi connectivity index (χ3n) is 19.9. The molecule has 0 aromatic carbocycles. The van der Waals surface area contributed by atoms with Gasteiger partial charge in [-0.25, -0.2) is 0 Å². The van der Waals surface area contributed by atoms with Crippen LogP contribution in [-0.4, -0.2) is 193 Å². The van der Waals surface area contributed by atoms with Crippen LogP contribution in [0.5, 0.6) is 0 Å². The van der Waals surface area contributed by atoms with E-state index in [9.17, 15) is 61.0 Å². The zero-order valence-corrected chi connectivity index (χ0v) is 61.3. The van der Waals surface area contributed by atoms with Crippen molar-refractivity contribution in [2.24, 2.45) is 0 Å². The summed E-state index contributed by atoms with van der Waals surface area (Å²) >= 11 is 0. The molecule has 1 amide bonds. The molecule has 3 rings (SSSR count). The molecule has 19 heteroatoms. The van der Waals surface area contributed by atoms with E-state index in [-0.39, 0.29) is 18.9 Å². The fourth-order valence-electron chi connectivity index (χ4n) is 13.5. The van der Waals surface area contributed by atoms with Gasteiger partial charge in [0.05, 0.1) is 38.6 Å². The first-order chi connectivity index (χ1) is 47.8. The fourth-order valence-corrected chi connectivity index (χ4v) is 13.5. The van der Waals surface area contributed by atoms with Gasteiger partial charge in [-0.15, -0.1) is 0 Å². The molecular formula is C79H145NO18. The minimum absolute atomic E-state index is 0.242. The van der Waals surface area contributed by atoms with E-state index in [1.165, 1.54) is 205 Å². The highest BCUT2D eigenvalue weighted by atomic mass is 16.8. The van der Waals surface area contributed by atoms with Crippen molar-refractivity contribution in [3.05, 3.63) is 48.6 Å². The van der Waals surface area contributed by atoms with Crippen LogP contribution in [0.1, 0.15) is 316 Å². The highest BCUT2D eigenvalue weighted by Crippen LogP contribution is 2.33. The molecule has 3 fully saturated rings. The van der Waals surface area contributed by atoms with Crippen molar-refractivity contribution in [1.29, 1.82) is 0 Å². The summed E-state index contributed by atoms with van der Waals surface area (Å²) in [7, 11) is 0. The smallest absolute Gasteiger partial charge is 0.220 e. The van der Waals surface area contributed by atoms with Crippen LogP contribution in [0.2, 0.25) is 0 Å². The maximum Gasteiger partial charge on any atom is 0.220 e. The van der Waals surface area contributed by atoms with Crippen molar-refractivity contribution in [1.82, 2.24) is 5.32 Å². The van der Waals surface area contributed by atoms with E-state index in [1.807, 2.05) is 0 Å². The van der Waals surface area contributed by atoms with Crippen molar-refractivity contribution in [3.63, 3.8) is 0 Å². The quantitative estimate of drug-likeness (QED) is 0.0199. The van der Waals surface area contributed by atoms with E-state index in [4.69, 9.17) is 28.4 Å². The summed E-state index contributed by atoms with van der Waals surface area (Å²) in [6, 6.07) is -0.891. The van der Waals surface area contributed by atoms with Gasteiger partial charge < -0.3 is 89.9 Å². The minimum atomic E-state index is -1.97. The molecule has 3 heterocycles. The Labute approximate surface area is 593 Å². The summed E-state index contributed by atoms with van der Waals surface area (Å²) in [5.41, 5.74) is 0. The van der Waals surface area contributed by atoms with Crippen molar-refractivity contribution in [2.75, 3.05) is 26.4 Å². The van der Waals surface area contributed by atoms with E-state index in [1.54, 1.807) is 0 Å². The Balaban J connectivity index is 1.37. The van der Waals surface area contributed by atoms with Crippen LogP contribution in [0.3, 0.4) is 0 Å². The molecule has 0 aromatic rings.